The summed E-state index contributed by atoms with van der Waals surface area (Å²) in [5, 5.41) is 1.98. The van der Waals surface area contributed by atoms with Crippen molar-refractivity contribution in [3.63, 3.8) is 0 Å². The summed E-state index contributed by atoms with van der Waals surface area (Å²) in [7, 11) is 0. The van der Waals surface area contributed by atoms with E-state index in [0.29, 0.717) is 0 Å². The van der Waals surface area contributed by atoms with Gasteiger partial charge in [0, 0.05) is 21.1 Å². The highest BCUT2D eigenvalue weighted by Crippen LogP contribution is 2.21. The van der Waals surface area contributed by atoms with Crippen molar-refractivity contribution in [2.45, 2.75) is 4.90 Å². The van der Waals surface area contributed by atoms with E-state index in [1.807, 2.05) is 41.8 Å². The fraction of sp³-hybridized carbons (Fsp3) is 0.0714. The molecule has 0 spiro atoms. The molecule has 0 amide bonds. The van der Waals surface area contributed by atoms with Crippen LogP contribution in [0.3, 0.4) is 0 Å². The van der Waals surface area contributed by atoms with Crippen LogP contribution in [0.1, 0.15) is 4.88 Å². The Morgan fingerprint density at radius 3 is 2.65 bits per heavy atom. The van der Waals surface area contributed by atoms with E-state index in [1.54, 1.807) is 23.1 Å². The van der Waals surface area contributed by atoms with Crippen LogP contribution in [0.5, 0.6) is 0 Å². The Bertz CT molecular complexity index is 486. The second-order valence-electron chi connectivity index (χ2n) is 3.38. The van der Waals surface area contributed by atoms with Crippen molar-refractivity contribution < 1.29 is 4.79 Å². The van der Waals surface area contributed by atoms with Crippen LogP contribution >= 0.6 is 23.1 Å². The largest absolute Gasteiger partial charge is 0.298 e. The van der Waals surface area contributed by atoms with E-state index < -0.39 is 0 Å². The van der Waals surface area contributed by atoms with Gasteiger partial charge in [-0.15, -0.1) is 23.1 Å². The zero-order chi connectivity index (χ0) is 11.9. The zero-order valence-electron chi connectivity index (χ0n) is 9.21. The van der Waals surface area contributed by atoms with Crippen LogP contribution in [0, 0.1) is 0 Å². The van der Waals surface area contributed by atoms with Crippen LogP contribution in [-0.2, 0) is 4.79 Å². The summed E-state index contributed by atoms with van der Waals surface area (Å²) in [6.07, 6.45) is 2.91. The van der Waals surface area contributed by atoms with Gasteiger partial charge in [-0.3, -0.25) is 4.79 Å². The normalized spacial score (nSPS) is 11.4. The Balaban J connectivity index is 1.98. The Morgan fingerprint density at radius 1 is 1.18 bits per heavy atom. The molecule has 1 aromatic carbocycles. The van der Waals surface area contributed by atoms with Crippen LogP contribution in [0.2, 0.25) is 0 Å². The summed E-state index contributed by atoms with van der Waals surface area (Å²) in [5.74, 6) is 0.815. The average Bonchev–Trinajstić information content (AvgIpc) is 2.90. The highest BCUT2D eigenvalue weighted by molar-refractivity contribution is 7.99. The smallest absolute Gasteiger partial charge is 0.151 e. The standard InChI is InChI=1S/C14H12OS2/c15-11-12(14-7-4-9-17-14)8-10-16-13-5-2-1-3-6-13/h1-9,11H,10H2/b12-8+. The number of hydrogen-bond donors (Lipinski definition) is 0. The van der Waals surface area contributed by atoms with E-state index in [-0.39, 0.29) is 0 Å². The van der Waals surface area contributed by atoms with Crippen molar-refractivity contribution in [1.82, 2.24) is 0 Å². The Kier molecular flexibility index (Phi) is 4.59. The summed E-state index contributed by atoms with van der Waals surface area (Å²) in [4.78, 5) is 13.2. The van der Waals surface area contributed by atoms with Crippen molar-refractivity contribution in [3.8, 4) is 0 Å². The van der Waals surface area contributed by atoms with Crippen LogP contribution in [-0.4, -0.2) is 12.0 Å². The van der Waals surface area contributed by atoms with Gasteiger partial charge in [0.25, 0.3) is 0 Å². The van der Waals surface area contributed by atoms with Gasteiger partial charge in [-0.25, -0.2) is 0 Å². The number of aldehydes is 1. The first kappa shape index (κ1) is 12.1. The minimum atomic E-state index is 0.781. The molecule has 0 saturated heterocycles. The van der Waals surface area contributed by atoms with Gasteiger partial charge < -0.3 is 0 Å². The topological polar surface area (TPSA) is 17.1 Å². The molecule has 1 heterocycles. The molecule has 0 aliphatic carbocycles. The number of thiophene rings is 1. The van der Waals surface area contributed by atoms with Crippen molar-refractivity contribution in [2.24, 2.45) is 0 Å². The van der Waals surface area contributed by atoms with E-state index in [0.717, 1.165) is 22.5 Å². The molecule has 0 aliphatic rings. The summed E-state index contributed by atoms with van der Waals surface area (Å²) < 4.78 is 0. The Morgan fingerprint density at radius 2 is 2.00 bits per heavy atom. The maximum absolute atomic E-state index is 11.0. The lowest BCUT2D eigenvalue weighted by molar-refractivity contribution is -0.103. The lowest BCUT2D eigenvalue weighted by Crippen LogP contribution is -1.83. The molecule has 1 nitrogen and oxygen atoms in total. The first-order chi connectivity index (χ1) is 8.40. The molecule has 0 bridgehead atoms. The molecule has 17 heavy (non-hydrogen) atoms. The summed E-state index contributed by atoms with van der Waals surface area (Å²) in [6, 6.07) is 14.1. The molecule has 0 aliphatic heterocycles. The van der Waals surface area contributed by atoms with Crippen LogP contribution in [0.25, 0.3) is 5.57 Å². The first-order valence-electron chi connectivity index (χ1n) is 5.27. The lowest BCUT2D eigenvalue weighted by Gasteiger charge is -1.98. The van der Waals surface area contributed by atoms with E-state index >= 15 is 0 Å². The SMILES string of the molecule is O=C/C(=C\CSc1ccccc1)c1cccs1. The van der Waals surface area contributed by atoms with Crippen LogP contribution in [0.15, 0.2) is 58.8 Å². The van der Waals surface area contributed by atoms with Crippen LogP contribution in [0.4, 0.5) is 0 Å². The molecule has 3 heteroatoms. The summed E-state index contributed by atoms with van der Waals surface area (Å²) in [6.45, 7) is 0. The van der Waals surface area contributed by atoms with Crippen molar-refractivity contribution >= 4 is 35.0 Å². The van der Waals surface area contributed by atoms with Crippen molar-refractivity contribution in [3.05, 3.63) is 58.8 Å². The van der Waals surface area contributed by atoms with Crippen molar-refractivity contribution in [2.75, 3.05) is 5.75 Å². The molecule has 2 aromatic rings. The molecule has 2 rings (SSSR count). The molecule has 0 radical (unpaired) electrons. The fourth-order valence-electron chi connectivity index (χ4n) is 1.39. The Labute approximate surface area is 109 Å². The predicted molar refractivity (Wildman–Crippen MR) is 75.5 cm³/mol. The predicted octanol–water partition coefficient (Wildman–Crippen LogP) is 4.12. The minimum Gasteiger partial charge on any atom is -0.298 e. The van der Waals surface area contributed by atoms with E-state index in [1.165, 1.54) is 4.90 Å². The molecule has 0 unspecified atom stereocenters. The van der Waals surface area contributed by atoms with Gasteiger partial charge >= 0.3 is 0 Å². The van der Waals surface area contributed by atoms with Gasteiger partial charge in [0.2, 0.25) is 0 Å². The van der Waals surface area contributed by atoms with Gasteiger partial charge in [-0.05, 0) is 23.6 Å². The van der Waals surface area contributed by atoms with Gasteiger partial charge in [-0.1, -0.05) is 30.3 Å². The number of carbonyl (C=O) groups is 1. The minimum absolute atomic E-state index is 0.781. The summed E-state index contributed by atoms with van der Waals surface area (Å²) >= 11 is 3.32. The number of allylic oxidation sites excluding steroid dienone is 1. The quantitative estimate of drug-likeness (QED) is 0.457. The van der Waals surface area contributed by atoms with E-state index in [9.17, 15) is 4.79 Å². The van der Waals surface area contributed by atoms with E-state index in [4.69, 9.17) is 0 Å². The second kappa shape index (κ2) is 6.42. The lowest BCUT2D eigenvalue weighted by atomic mass is 10.2. The maximum Gasteiger partial charge on any atom is 0.151 e. The average molecular weight is 260 g/mol. The third-order valence-electron chi connectivity index (χ3n) is 2.23. The van der Waals surface area contributed by atoms with Gasteiger partial charge in [-0.2, -0.15) is 0 Å². The van der Waals surface area contributed by atoms with Crippen LogP contribution < -0.4 is 0 Å². The molecule has 0 N–H and O–H groups in total. The third-order valence-corrected chi connectivity index (χ3v) is 4.09. The van der Waals surface area contributed by atoms with E-state index in [2.05, 4.69) is 12.1 Å². The van der Waals surface area contributed by atoms with Gasteiger partial charge in [0.1, 0.15) is 0 Å². The third kappa shape index (κ3) is 3.58. The highest BCUT2D eigenvalue weighted by Gasteiger charge is 2.00. The molecule has 1 aromatic heterocycles. The second-order valence-corrected chi connectivity index (χ2v) is 5.42. The van der Waals surface area contributed by atoms with Gasteiger partial charge in [0.15, 0.2) is 6.29 Å². The number of carbonyl (C=O) groups excluding carboxylic acids is 1. The fourth-order valence-corrected chi connectivity index (χ4v) is 2.93. The first-order valence-corrected chi connectivity index (χ1v) is 7.14. The Hall–Kier alpha value is -1.32. The molecular formula is C14H12OS2. The molecule has 86 valence electrons. The zero-order valence-corrected chi connectivity index (χ0v) is 10.8. The molecule has 0 saturated carbocycles. The monoisotopic (exact) mass is 260 g/mol. The summed E-state index contributed by atoms with van der Waals surface area (Å²) in [5.41, 5.74) is 0.781. The molecule has 0 fully saturated rings. The number of thioether (sulfide) groups is 1. The number of rotatable bonds is 5. The maximum atomic E-state index is 11.0. The number of hydrogen-bond acceptors (Lipinski definition) is 3. The van der Waals surface area contributed by atoms with Crippen molar-refractivity contribution in [1.29, 1.82) is 0 Å². The van der Waals surface area contributed by atoms with Gasteiger partial charge in [0.05, 0.1) is 0 Å². The number of benzene rings is 1. The molecular weight excluding hydrogens is 248 g/mol. The molecule has 0 atom stereocenters. The highest BCUT2D eigenvalue weighted by atomic mass is 32.2.